The predicted molar refractivity (Wildman–Crippen MR) is 71.1 cm³/mol. The lowest BCUT2D eigenvalue weighted by molar-refractivity contribution is 0.301. The number of phenols is 1. The van der Waals surface area contributed by atoms with E-state index in [0.29, 0.717) is 17.4 Å². The third-order valence-electron chi connectivity index (χ3n) is 3.09. The molecule has 3 rings (SSSR count). The van der Waals surface area contributed by atoms with Crippen molar-refractivity contribution in [1.82, 2.24) is 0 Å². The van der Waals surface area contributed by atoms with Gasteiger partial charge in [-0.3, -0.25) is 0 Å². The molecule has 0 bridgehead atoms. The van der Waals surface area contributed by atoms with Gasteiger partial charge in [0.15, 0.2) is 22.7 Å². The average Bonchev–Trinajstić information content (AvgIpc) is 2.83. The van der Waals surface area contributed by atoms with Gasteiger partial charge in [-0.1, -0.05) is 6.92 Å². The number of hydrogen-bond acceptors (Lipinski definition) is 3. The van der Waals surface area contributed by atoms with Crippen LogP contribution in [0.2, 0.25) is 0 Å². The normalized spacial score (nSPS) is 11.3. The van der Waals surface area contributed by atoms with E-state index in [1.54, 1.807) is 6.07 Å². The summed E-state index contributed by atoms with van der Waals surface area (Å²) < 4.78 is 38.5. The summed E-state index contributed by atoms with van der Waals surface area (Å²) in [6.07, 6.45) is 0.750. The van der Waals surface area contributed by atoms with Crippen molar-refractivity contribution in [2.24, 2.45) is 0 Å². The Labute approximate surface area is 113 Å². The number of halogens is 2. The van der Waals surface area contributed by atoms with Crippen molar-refractivity contribution in [2.75, 3.05) is 6.61 Å². The van der Waals surface area contributed by atoms with Gasteiger partial charge in [0.25, 0.3) is 0 Å². The van der Waals surface area contributed by atoms with Crippen LogP contribution in [-0.4, -0.2) is 11.7 Å². The third kappa shape index (κ3) is 1.78. The van der Waals surface area contributed by atoms with Crippen molar-refractivity contribution in [2.45, 2.75) is 13.3 Å². The summed E-state index contributed by atoms with van der Waals surface area (Å²) >= 11 is 0. The van der Waals surface area contributed by atoms with Gasteiger partial charge in [0.2, 0.25) is 11.6 Å². The van der Waals surface area contributed by atoms with Crippen molar-refractivity contribution in [3.05, 3.63) is 35.9 Å². The summed E-state index contributed by atoms with van der Waals surface area (Å²) in [4.78, 5) is 0. The number of rotatable bonds is 3. The molecule has 0 aliphatic heterocycles. The summed E-state index contributed by atoms with van der Waals surface area (Å²) in [6.45, 7) is 2.30. The maximum absolute atomic E-state index is 14.3. The quantitative estimate of drug-likeness (QED) is 0.774. The van der Waals surface area contributed by atoms with Crippen LogP contribution < -0.4 is 4.74 Å². The van der Waals surface area contributed by atoms with Gasteiger partial charge >= 0.3 is 0 Å². The van der Waals surface area contributed by atoms with E-state index >= 15 is 0 Å². The lowest BCUT2D eigenvalue weighted by Crippen LogP contribution is -1.97. The number of furan rings is 1. The highest BCUT2D eigenvalue weighted by Gasteiger charge is 2.19. The lowest BCUT2D eigenvalue weighted by atomic mass is 10.1. The highest BCUT2D eigenvalue weighted by atomic mass is 19.1. The molecule has 0 spiro atoms. The van der Waals surface area contributed by atoms with E-state index in [9.17, 15) is 13.9 Å². The van der Waals surface area contributed by atoms with E-state index < -0.39 is 17.4 Å². The standard InChI is InChI=1S/C15H12F2O3/c1-2-7-19-11-6-4-9-8-3-5-10(18)12(16)14(8)20-15(9)13(11)17/h3-6,18H,2,7H2,1H3. The molecule has 2 aromatic carbocycles. The largest absolute Gasteiger partial charge is 0.505 e. The van der Waals surface area contributed by atoms with Crippen molar-refractivity contribution in [3.8, 4) is 11.5 Å². The SMILES string of the molecule is CCCOc1ccc2c(oc3c(F)c(O)ccc32)c1F. The molecule has 0 saturated carbocycles. The van der Waals surface area contributed by atoms with Crippen LogP contribution >= 0.6 is 0 Å². The zero-order valence-electron chi connectivity index (χ0n) is 10.7. The summed E-state index contributed by atoms with van der Waals surface area (Å²) in [5.74, 6) is -2.01. The molecule has 5 heteroatoms. The first-order valence-electron chi connectivity index (χ1n) is 6.28. The average molecular weight is 278 g/mol. The van der Waals surface area contributed by atoms with Gasteiger partial charge in [0.05, 0.1) is 6.61 Å². The Balaban J connectivity index is 2.27. The van der Waals surface area contributed by atoms with Crippen LogP contribution in [-0.2, 0) is 0 Å². The molecular weight excluding hydrogens is 266 g/mol. The van der Waals surface area contributed by atoms with Gasteiger partial charge in [0.1, 0.15) is 0 Å². The monoisotopic (exact) mass is 278 g/mol. The Hall–Kier alpha value is -2.30. The van der Waals surface area contributed by atoms with Crippen LogP contribution in [0, 0.1) is 11.6 Å². The Morgan fingerprint density at radius 1 is 1.05 bits per heavy atom. The Kier molecular flexibility index (Phi) is 2.97. The number of benzene rings is 2. The van der Waals surface area contributed by atoms with Crippen molar-refractivity contribution in [1.29, 1.82) is 0 Å². The van der Waals surface area contributed by atoms with Gasteiger partial charge in [-0.15, -0.1) is 0 Å². The minimum Gasteiger partial charge on any atom is -0.505 e. The Morgan fingerprint density at radius 3 is 2.40 bits per heavy atom. The number of aromatic hydroxyl groups is 1. The minimum atomic E-state index is -0.894. The van der Waals surface area contributed by atoms with Crippen LogP contribution in [0.4, 0.5) is 8.78 Å². The fourth-order valence-corrected chi connectivity index (χ4v) is 2.13. The van der Waals surface area contributed by atoms with Gasteiger partial charge in [-0.2, -0.15) is 8.78 Å². The molecule has 1 heterocycles. The molecule has 1 aromatic heterocycles. The fourth-order valence-electron chi connectivity index (χ4n) is 2.13. The van der Waals surface area contributed by atoms with Crippen LogP contribution in [0.3, 0.4) is 0 Å². The predicted octanol–water partition coefficient (Wildman–Crippen LogP) is 4.36. The smallest absolute Gasteiger partial charge is 0.208 e. The lowest BCUT2D eigenvalue weighted by Gasteiger charge is -2.05. The topological polar surface area (TPSA) is 42.6 Å². The summed E-state index contributed by atoms with van der Waals surface area (Å²) in [5.41, 5.74) is -0.232. The van der Waals surface area contributed by atoms with Crippen molar-refractivity contribution >= 4 is 21.9 Å². The highest BCUT2D eigenvalue weighted by Crippen LogP contribution is 2.37. The van der Waals surface area contributed by atoms with Crippen LogP contribution in [0.15, 0.2) is 28.7 Å². The van der Waals surface area contributed by atoms with Crippen molar-refractivity contribution in [3.63, 3.8) is 0 Å². The second-order valence-electron chi connectivity index (χ2n) is 4.48. The van der Waals surface area contributed by atoms with Crippen molar-refractivity contribution < 1.29 is 23.0 Å². The van der Waals surface area contributed by atoms with Crippen LogP contribution in [0.5, 0.6) is 11.5 Å². The van der Waals surface area contributed by atoms with E-state index in [-0.39, 0.29) is 16.9 Å². The molecule has 104 valence electrons. The Bertz CT molecular complexity index is 793. The van der Waals surface area contributed by atoms with Gasteiger partial charge in [-0.25, -0.2) is 0 Å². The molecule has 0 radical (unpaired) electrons. The molecule has 0 unspecified atom stereocenters. The summed E-state index contributed by atoms with van der Waals surface area (Å²) in [5, 5.41) is 10.2. The molecule has 0 aliphatic rings. The Morgan fingerprint density at radius 2 is 1.70 bits per heavy atom. The molecule has 3 aromatic rings. The molecule has 3 nitrogen and oxygen atoms in total. The van der Waals surface area contributed by atoms with Gasteiger partial charge < -0.3 is 14.3 Å². The van der Waals surface area contributed by atoms with E-state index in [1.165, 1.54) is 18.2 Å². The zero-order valence-corrected chi connectivity index (χ0v) is 10.7. The highest BCUT2D eigenvalue weighted by molar-refractivity contribution is 6.06. The molecule has 1 N–H and O–H groups in total. The molecular formula is C15H12F2O3. The first-order chi connectivity index (χ1) is 9.63. The van der Waals surface area contributed by atoms with Crippen LogP contribution in [0.25, 0.3) is 21.9 Å². The number of fused-ring (bicyclic) bond motifs is 3. The van der Waals surface area contributed by atoms with Gasteiger partial charge in [-0.05, 0) is 30.7 Å². The second-order valence-corrected chi connectivity index (χ2v) is 4.48. The number of hydrogen-bond donors (Lipinski definition) is 1. The van der Waals surface area contributed by atoms with E-state index in [0.717, 1.165) is 6.42 Å². The summed E-state index contributed by atoms with van der Waals surface area (Å²) in [6, 6.07) is 5.82. The zero-order chi connectivity index (χ0) is 14.3. The number of ether oxygens (including phenoxy) is 1. The van der Waals surface area contributed by atoms with E-state index in [1.807, 2.05) is 6.92 Å². The first-order valence-corrected chi connectivity index (χ1v) is 6.28. The summed E-state index contributed by atoms with van der Waals surface area (Å²) in [7, 11) is 0. The third-order valence-corrected chi connectivity index (χ3v) is 3.09. The maximum atomic E-state index is 14.3. The van der Waals surface area contributed by atoms with Gasteiger partial charge in [0, 0.05) is 10.8 Å². The molecule has 0 fully saturated rings. The first kappa shape index (κ1) is 12.7. The maximum Gasteiger partial charge on any atom is 0.208 e. The fraction of sp³-hybridized carbons (Fsp3) is 0.200. The number of phenolic OH excluding ortho intramolecular Hbond substituents is 1. The molecule has 0 saturated heterocycles. The molecule has 0 atom stereocenters. The molecule has 0 aliphatic carbocycles. The molecule has 20 heavy (non-hydrogen) atoms. The second kappa shape index (κ2) is 4.67. The minimum absolute atomic E-state index is 0.0712. The van der Waals surface area contributed by atoms with E-state index in [2.05, 4.69) is 0 Å². The van der Waals surface area contributed by atoms with Crippen LogP contribution in [0.1, 0.15) is 13.3 Å². The molecule has 0 amide bonds. The van der Waals surface area contributed by atoms with E-state index in [4.69, 9.17) is 9.15 Å².